The van der Waals surface area contributed by atoms with Crippen molar-refractivity contribution in [2.75, 3.05) is 18.8 Å². The standard InChI is InChI=1S/C18H24N2O3S/c21-17(10-11-20-12-13-24-18(20)22)19-15-8-4-5-9-16(15)23-14-6-2-1-3-7-14/h1-3,6-7,15-16H,4-5,8-13H2,(H,19,21)/t15-,16-/m1/s1. The number of nitrogens with one attached hydrogen (secondary N) is 1. The zero-order valence-electron chi connectivity index (χ0n) is 13.8. The lowest BCUT2D eigenvalue weighted by molar-refractivity contribution is -0.123. The molecule has 6 heteroatoms. The Hall–Kier alpha value is -1.69. The fourth-order valence-corrected chi connectivity index (χ4v) is 4.07. The van der Waals surface area contributed by atoms with Gasteiger partial charge < -0.3 is 15.0 Å². The van der Waals surface area contributed by atoms with Crippen LogP contribution >= 0.6 is 11.8 Å². The van der Waals surface area contributed by atoms with Gasteiger partial charge in [-0.3, -0.25) is 9.59 Å². The van der Waals surface area contributed by atoms with Crippen molar-refractivity contribution in [2.24, 2.45) is 0 Å². The maximum atomic E-state index is 12.3. The lowest BCUT2D eigenvalue weighted by Crippen LogP contribution is -2.48. The van der Waals surface area contributed by atoms with E-state index in [-0.39, 0.29) is 23.3 Å². The molecule has 2 amide bonds. The van der Waals surface area contributed by atoms with Crippen LogP contribution in [0.15, 0.2) is 30.3 Å². The molecule has 3 rings (SSSR count). The van der Waals surface area contributed by atoms with Gasteiger partial charge in [0, 0.05) is 25.3 Å². The summed E-state index contributed by atoms with van der Waals surface area (Å²) < 4.78 is 6.08. The molecule has 0 aromatic heterocycles. The molecule has 0 spiro atoms. The van der Waals surface area contributed by atoms with Crippen LogP contribution < -0.4 is 10.1 Å². The zero-order valence-corrected chi connectivity index (χ0v) is 14.6. The lowest BCUT2D eigenvalue weighted by Gasteiger charge is -2.32. The van der Waals surface area contributed by atoms with Crippen molar-refractivity contribution in [2.45, 2.75) is 44.2 Å². The second kappa shape index (κ2) is 8.42. The number of hydrogen-bond donors (Lipinski definition) is 1. The van der Waals surface area contributed by atoms with Gasteiger partial charge in [-0.1, -0.05) is 36.4 Å². The largest absolute Gasteiger partial charge is 0.488 e. The average Bonchev–Trinajstić information content (AvgIpc) is 3.01. The van der Waals surface area contributed by atoms with Crippen molar-refractivity contribution in [3.05, 3.63) is 30.3 Å². The molecular weight excluding hydrogens is 324 g/mol. The van der Waals surface area contributed by atoms with Gasteiger partial charge >= 0.3 is 0 Å². The van der Waals surface area contributed by atoms with Crippen LogP contribution in [-0.4, -0.2) is 47.0 Å². The summed E-state index contributed by atoms with van der Waals surface area (Å²) in [5.74, 6) is 1.69. The van der Waals surface area contributed by atoms with Gasteiger partial charge in [-0.15, -0.1) is 0 Å². The molecule has 1 aliphatic carbocycles. The monoisotopic (exact) mass is 348 g/mol. The van der Waals surface area contributed by atoms with Crippen molar-refractivity contribution < 1.29 is 14.3 Å². The molecule has 0 radical (unpaired) electrons. The molecule has 1 saturated carbocycles. The number of rotatable bonds is 6. The smallest absolute Gasteiger partial charge is 0.281 e. The second-order valence-corrected chi connectivity index (χ2v) is 7.33. The minimum atomic E-state index is 0.00765. The summed E-state index contributed by atoms with van der Waals surface area (Å²) in [5.41, 5.74) is 0. The molecule has 5 nitrogen and oxygen atoms in total. The molecule has 2 fully saturated rings. The summed E-state index contributed by atoms with van der Waals surface area (Å²) >= 11 is 1.33. The number of para-hydroxylation sites is 1. The Morgan fingerprint density at radius 3 is 2.79 bits per heavy atom. The first-order chi connectivity index (χ1) is 11.7. The van der Waals surface area contributed by atoms with E-state index in [2.05, 4.69) is 5.32 Å². The van der Waals surface area contributed by atoms with Crippen LogP contribution in [0.2, 0.25) is 0 Å². The summed E-state index contributed by atoms with van der Waals surface area (Å²) in [5, 5.41) is 3.21. The van der Waals surface area contributed by atoms with Crippen molar-refractivity contribution in [1.29, 1.82) is 0 Å². The maximum absolute atomic E-state index is 12.3. The SMILES string of the molecule is O=C(CCN1CCSC1=O)N[C@@H]1CCCC[C@H]1Oc1ccccc1. The third kappa shape index (κ3) is 4.66. The number of carbonyl (C=O) groups excluding carboxylic acids is 2. The topological polar surface area (TPSA) is 58.6 Å². The number of carbonyl (C=O) groups is 2. The number of hydrogen-bond acceptors (Lipinski definition) is 4. The number of thioether (sulfide) groups is 1. The summed E-state index contributed by atoms with van der Waals surface area (Å²) in [6.45, 7) is 1.26. The molecule has 1 saturated heterocycles. The van der Waals surface area contributed by atoms with Gasteiger partial charge in [0.15, 0.2) is 0 Å². The van der Waals surface area contributed by atoms with E-state index in [9.17, 15) is 9.59 Å². The van der Waals surface area contributed by atoms with Crippen LogP contribution in [0.25, 0.3) is 0 Å². The van der Waals surface area contributed by atoms with E-state index in [1.54, 1.807) is 4.90 Å². The summed E-state index contributed by atoms with van der Waals surface area (Å²) in [7, 11) is 0. The Morgan fingerprint density at radius 1 is 1.25 bits per heavy atom. The van der Waals surface area contributed by atoms with E-state index in [1.807, 2.05) is 30.3 Å². The van der Waals surface area contributed by atoms with Crippen molar-refractivity contribution >= 4 is 22.9 Å². The molecule has 1 aliphatic heterocycles. The molecular formula is C18H24N2O3S. The Labute approximate surface area is 147 Å². The molecule has 1 heterocycles. The van der Waals surface area contributed by atoms with E-state index in [0.29, 0.717) is 13.0 Å². The van der Waals surface area contributed by atoms with Gasteiger partial charge in [0.1, 0.15) is 11.9 Å². The summed E-state index contributed by atoms with van der Waals surface area (Å²) in [6, 6.07) is 9.82. The highest BCUT2D eigenvalue weighted by atomic mass is 32.2. The highest BCUT2D eigenvalue weighted by molar-refractivity contribution is 8.13. The summed E-state index contributed by atoms with van der Waals surface area (Å²) in [6.07, 6.45) is 4.53. The quantitative estimate of drug-likeness (QED) is 0.858. The molecule has 24 heavy (non-hydrogen) atoms. The van der Waals surface area contributed by atoms with Gasteiger partial charge in [-0.25, -0.2) is 0 Å². The van der Waals surface area contributed by atoms with Crippen LogP contribution in [0.1, 0.15) is 32.1 Å². The van der Waals surface area contributed by atoms with Crippen molar-refractivity contribution in [3.8, 4) is 5.75 Å². The first-order valence-corrected chi connectivity index (χ1v) is 9.64. The van der Waals surface area contributed by atoms with E-state index in [0.717, 1.165) is 43.7 Å². The highest BCUT2D eigenvalue weighted by Crippen LogP contribution is 2.24. The van der Waals surface area contributed by atoms with Crippen molar-refractivity contribution in [3.63, 3.8) is 0 Å². The molecule has 130 valence electrons. The number of nitrogens with zero attached hydrogens (tertiary/aromatic N) is 1. The third-order valence-corrected chi connectivity index (χ3v) is 5.43. The molecule has 2 atom stereocenters. The normalized spacial score (nSPS) is 24.0. The summed E-state index contributed by atoms with van der Waals surface area (Å²) in [4.78, 5) is 25.6. The Balaban J connectivity index is 1.49. The van der Waals surface area contributed by atoms with Crippen LogP contribution in [-0.2, 0) is 4.79 Å². The van der Waals surface area contributed by atoms with Crippen LogP contribution in [0.5, 0.6) is 5.75 Å². The van der Waals surface area contributed by atoms with E-state index < -0.39 is 0 Å². The minimum absolute atomic E-state index is 0.00765. The van der Waals surface area contributed by atoms with Gasteiger partial charge in [-0.2, -0.15) is 0 Å². The minimum Gasteiger partial charge on any atom is -0.488 e. The Bertz CT molecular complexity index is 567. The molecule has 1 aromatic rings. The molecule has 1 aromatic carbocycles. The fraction of sp³-hybridized carbons (Fsp3) is 0.556. The second-order valence-electron chi connectivity index (χ2n) is 6.28. The van der Waals surface area contributed by atoms with E-state index >= 15 is 0 Å². The fourth-order valence-electron chi connectivity index (χ4n) is 3.22. The van der Waals surface area contributed by atoms with Gasteiger partial charge in [-0.05, 0) is 31.4 Å². The first-order valence-electron chi connectivity index (χ1n) is 8.65. The molecule has 2 aliphatic rings. The lowest BCUT2D eigenvalue weighted by atomic mass is 9.92. The molecule has 0 unspecified atom stereocenters. The van der Waals surface area contributed by atoms with Crippen LogP contribution in [0.4, 0.5) is 4.79 Å². The maximum Gasteiger partial charge on any atom is 0.281 e. The zero-order chi connectivity index (χ0) is 16.8. The van der Waals surface area contributed by atoms with Gasteiger partial charge in [0.05, 0.1) is 6.04 Å². The van der Waals surface area contributed by atoms with Crippen LogP contribution in [0, 0.1) is 0 Å². The van der Waals surface area contributed by atoms with Gasteiger partial charge in [0.2, 0.25) is 5.91 Å². The van der Waals surface area contributed by atoms with Gasteiger partial charge in [0.25, 0.3) is 5.24 Å². The van der Waals surface area contributed by atoms with Crippen LogP contribution in [0.3, 0.4) is 0 Å². The third-order valence-electron chi connectivity index (χ3n) is 4.53. The molecule has 1 N–H and O–H groups in total. The average molecular weight is 348 g/mol. The first kappa shape index (κ1) is 17.1. The number of ether oxygens (including phenoxy) is 1. The van der Waals surface area contributed by atoms with E-state index in [4.69, 9.17) is 4.74 Å². The number of amides is 2. The Morgan fingerprint density at radius 2 is 2.04 bits per heavy atom. The highest BCUT2D eigenvalue weighted by Gasteiger charge is 2.28. The van der Waals surface area contributed by atoms with Crippen molar-refractivity contribution in [1.82, 2.24) is 10.2 Å². The Kier molecular flexibility index (Phi) is 6.01. The molecule has 0 bridgehead atoms. The predicted octanol–water partition coefficient (Wildman–Crippen LogP) is 3.05. The number of benzene rings is 1. The van der Waals surface area contributed by atoms with E-state index in [1.165, 1.54) is 11.8 Å². The predicted molar refractivity (Wildman–Crippen MR) is 95.3 cm³/mol.